The quantitative estimate of drug-likeness (QED) is 0.631. The van der Waals surface area contributed by atoms with Crippen LogP contribution in [0.5, 0.6) is 5.75 Å². The van der Waals surface area contributed by atoms with Gasteiger partial charge in [0.2, 0.25) is 0 Å². The zero-order valence-electron chi connectivity index (χ0n) is 10.6. The number of nitriles is 1. The summed E-state index contributed by atoms with van der Waals surface area (Å²) in [6, 6.07) is 10.4. The number of aryl methyl sites for hydroxylation is 1. The number of hydrogen-bond donors (Lipinski definition) is 0. The summed E-state index contributed by atoms with van der Waals surface area (Å²) in [6.07, 6.45) is 6.13. The van der Waals surface area contributed by atoms with Crippen molar-refractivity contribution in [2.75, 3.05) is 6.61 Å². The molecule has 0 saturated carbocycles. The Hall–Kier alpha value is -1.49. The molecule has 0 aliphatic carbocycles. The molecule has 1 aromatic rings. The first-order chi connectivity index (χ1) is 8.36. The Labute approximate surface area is 104 Å². The second-order valence-electron chi connectivity index (χ2n) is 4.21. The average molecular weight is 231 g/mol. The Kier molecular flexibility index (Phi) is 6.90. The van der Waals surface area contributed by atoms with E-state index in [4.69, 9.17) is 10.00 Å². The van der Waals surface area contributed by atoms with Crippen molar-refractivity contribution in [3.63, 3.8) is 0 Å². The van der Waals surface area contributed by atoms with Gasteiger partial charge in [-0.2, -0.15) is 5.26 Å². The molecule has 0 bridgehead atoms. The van der Waals surface area contributed by atoms with Gasteiger partial charge in [0.25, 0.3) is 0 Å². The monoisotopic (exact) mass is 231 g/mol. The maximum absolute atomic E-state index is 8.46. The molecule has 1 rings (SSSR count). The molecule has 0 atom stereocenters. The molecule has 0 aliphatic heterocycles. The summed E-state index contributed by atoms with van der Waals surface area (Å²) in [5.41, 5.74) is 1.28. The van der Waals surface area contributed by atoms with Crippen LogP contribution in [0.4, 0.5) is 0 Å². The number of unbranched alkanes of at least 4 members (excludes halogenated alkanes) is 3. The Bertz CT molecular complexity index is 337. The lowest BCUT2D eigenvalue weighted by molar-refractivity contribution is 0.306. The van der Waals surface area contributed by atoms with Crippen LogP contribution in [-0.4, -0.2) is 6.61 Å². The van der Waals surface area contributed by atoms with E-state index >= 15 is 0 Å². The lowest BCUT2D eigenvalue weighted by Gasteiger charge is -2.06. The van der Waals surface area contributed by atoms with Gasteiger partial charge in [-0.15, -0.1) is 0 Å². The average Bonchev–Trinajstić information content (AvgIpc) is 2.37. The van der Waals surface area contributed by atoms with E-state index in [0.29, 0.717) is 6.42 Å². The first kappa shape index (κ1) is 13.6. The third-order valence-corrected chi connectivity index (χ3v) is 2.69. The van der Waals surface area contributed by atoms with E-state index in [-0.39, 0.29) is 0 Å². The first-order valence-corrected chi connectivity index (χ1v) is 6.45. The van der Waals surface area contributed by atoms with Crippen LogP contribution < -0.4 is 4.74 Å². The van der Waals surface area contributed by atoms with E-state index in [1.807, 2.05) is 12.1 Å². The summed E-state index contributed by atoms with van der Waals surface area (Å²) in [5, 5.41) is 8.46. The molecule has 1 aromatic carbocycles. The van der Waals surface area contributed by atoms with Crippen molar-refractivity contribution < 1.29 is 4.74 Å². The van der Waals surface area contributed by atoms with Crippen molar-refractivity contribution in [3.8, 4) is 11.8 Å². The number of hydrogen-bond acceptors (Lipinski definition) is 2. The Morgan fingerprint density at radius 2 is 1.88 bits per heavy atom. The molecule has 0 radical (unpaired) electrons. The number of nitrogens with zero attached hydrogens (tertiary/aromatic N) is 1. The summed E-state index contributed by atoms with van der Waals surface area (Å²) in [4.78, 5) is 0. The fourth-order valence-electron chi connectivity index (χ4n) is 1.67. The van der Waals surface area contributed by atoms with Crippen molar-refractivity contribution in [3.05, 3.63) is 29.8 Å². The maximum Gasteiger partial charge on any atom is 0.119 e. The first-order valence-electron chi connectivity index (χ1n) is 6.45. The molecule has 0 unspecified atom stereocenters. The minimum Gasteiger partial charge on any atom is -0.494 e. The highest BCUT2D eigenvalue weighted by Gasteiger charge is 1.96. The van der Waals surface area contributed by atoms with Gasteiger partial charge in [0.05, 0.1) is 12.7 Å². The van der Waals surface area contributed by atoms with Gasteiger partial charge >= 0.3 is 0 Å². The predicted octanol–water partition coefficient (Wildman–Crippen LogP) is 4.10. The standard InChI is InChI=1S/C15H21NO/c1-2-3-6-13-17-15-10-8-14(9-11-15)7-4-5-12-16/h8-11H,2-7,13H2,1H3. The van der Waals surface area contributed by atoms with Gasteiger partial charge in [0.15, 0.2) is 0 Å². The van der Waals surface area contributed by atoms with E-state index in [1.54, 1.807) is 0 Å². The maximum atomic E-state index is 8.46. The lowest BCUT2D eigenvalue weighted by Crippen LogP contribution is -1.97. The molecule has 0 spiro atoms. The summed E-state index contributed by atoms with van der Waals surface area (Å²) >= 11 is 0. The molecule has 0 amide bonds. The van der Waals surface area contributed by atoms with E-state index in [2.05, 4.69) is 25.1 Å². The van der Waals surface area contributed by atoms with Crippen molar-refractivity contribution in [2.45, 2.75) is 45.4 Å². The van der Waals surface area contributed by atoms with Gasteiger partial charge < -0.3 is 4.74 Å². The summed E-state index contributed by atoms with van der Waals surface area (Å²) in [6.45, 7) is 3.00. The third-order valence-electron chi connectivity index (χ3n) is 2.69. The highest BCUT2D eigenvalue weighted by Crippen LogP contribution is 2.14. The molecule has 0 aromatic heterocycles. The number of benzene rings is 1. The summed E-state index contributed by atoms with van der Waals surface area (Å²) in [5.74, 6) is 0.949. The topological polar surface area (TPSA) is 33.0 Å². The van der Waals surface area contributed by atoms with Crippen molar-refractivity contribution >= 4 is 0 Å². The molecule has 0 heterocycles. The predicted molar refractivity (Wildman–Crippen MR) is 70.0 cm³/mol. The fourth-order valence-corrected chi connectivity index (χ4v) is 1.67. The minimum atomic E-state index is 0.634. The third kappa shape index (κ3) is 5.97. The minimum absolute atomic E-state index is 0.634. The van der Waals surface area contributed by atoms with Gasteiger partial charge in [0, 0.05) is 6.42 Å². The van der Waals surface area contributed by atoms with Gasteiger partial charge in [-0.1, -0.05) is 31.9 Å². The van der Waals surface area contributed by atoms with Crippen LogP contribution in [0.2, 0.25) is 0 Å². The Balaban J connectivity index is 2.27. The zero-order chi connectivity index (χ0) is 12.3. The molecule has 0 N–H and O–H groups in total. The van der Waals surface area contributed by atoms with Crippen LogP contribution in [0.15, 0.2) is 24.3 Å². The van der Waals surface area contributed by atoms with E-state index in [0.717, 1.165) is 31.6 Å². The van der Waals surface area contributed by atoms with Crippen LogP contribution in [0.25, 0.3) is 0 Å². The highest BCUT2D eigenvalue weighted by atomic mass is 16.5. The van der Waals surface area contributed by atoms with Gasteiger partial charge in [0.1, 0.15) is 5.75 Å². The van der Waals surface area contributed by atoms with Crippen molar-refractivity contribution in [1.29, 1.82) is 5.26 Å². The molecular weight excluding hydrogens is 210 g/mol. The molecule has 2 heteroatoms. The van der Waals surface area contributed by atoms with Gasteiger partial charge in [-0.3, -0.25) is 0 Å². The van der Waals surface area contributed by atoms with Gasteiger partial charge in [-0.05, 0) is 37.0 Å². The molecule has 92 valence electrons. The molecule has 0 aliphatic rings. The van der Waals surface area contributed by atoms with E-state index in [9.17, 15) is 0 Å². The molecule has 2 nitrogen and oxygen atoms in total. The Morgan fingerprint density at radius 3 is 2.53 bits per heavy atom. The van der Waals surface area contributed by atoms with Crippen molar-refractivity contribution in [1.82, 2.24) is 0 Å². The lowest BCUT2D eigenvalue weighted by atomic mass is 10.1. The molecular formula is C15H21NO. The van der Waals surface area contributed by atoms with Crippen LogP contribution in [0, 0.1) is 11.3 Å². The largest absolute Gasteiger partial charge is 0.494 e. The van der Waals surface area contributed by atoms with E-state index in [1.165, 1.54) is 18.4 Å². The normalized spacial score (nSPS) is 9.88. The second kappa shape index (κ2) is 8.64. The highest BCUT2D eigenvalue weighted by molar-refractivity contribution is 5.27. The number of rotatable bonds is 8. The van der Waals surface area contributed by atoms with Gasteiger partial charge in [-0.25, -0.2) is 0 Å². The summed E-state index contributed by atoms with van der Waals surface area (Å²) in [7, 11) is 0. The zero-order valence-corrected chi connectivity index (χ0v) is 10.6. The van der Waals surface area contributed by atoms with E-state index < -0.39 is 0 Å². The smallest absolute Gasteiger partial charge is 0.119 e. The number of ether oxygens (including phenoxy) is 1. The van der Waals surface area contributed by atoms with Crippen LogP contribution in [0.3, 0.4) is 0 Å². The molecule has 17 heavy (non-hydrogen) atoms. The molecule has 0 fully saturated rings. The Morgan fingerprint density at radius 1 is 1.12 bits per heavy atom. The van der Waals surface area contributed by atoms with Crippen LogP contribution in [0.1, 0.15) is 44.6 Å². The van der Waals surface area contributed by atoms with Crippen LogP contribution in [-0.2, 0) is 6.42 Å². The SMILES string of the molecule is CCCCCOc1ccc(CCCC#N)cc1. The fraction of sp³-hybridized carbons (Fsp3) is 0.533. The second-order valence-corrected chi connectivity index (χ2v) is 4.21. The summed E-state index contributed by atoms with van der Waals surface area (Å²) < 4.78 is 5.64. The van der Waals surface area contributed by atoms with Crippen molar-refractivity contribution in [2.24, 2.45) is 0 Å². The molecule has 0 saturated heterocycles. The van der Waals surface area contributed by atoms with Crippen LogP contribution >= 0.6 is 0 Å².